The molecule has 4 aromatic heterocycles. The van der Waals surface area contributed by atoms with Gasteiger partial charge in [-0.05, 0) is 122 Å². The van der Waals surface area contributed by atoms with Gasteiger partial charge in [0.05, 0.1) is 33.3 Å². The molecule has 2 aliphatic heterocycles. The maximum atomic E-state index is 5.57. The van der Waals surface area contributed by atoms with Gasteiger partial charge in [0.1, 0.15) is 0 Å². The summed E-state index contributed by atoms with van der Waals surface area (Å²) in [6.45, 7) is 41.5. The number of nitrogens with zero attached hydrogens (tertiary/aromatic N) is 7. The quantitative estimate of drug-likeness (QED) is 0.107. The minimum Gasteiger partial charge on any atom is -0.316 e. The van der Waals surface area contributed by atoms with Crippen molar-refractivity contribution in [1.29, 1.82) is 0 Å². The Morgan fingerprint density at radius 2 is 0.989 bits per heavy atom. The van der Waals surface area contributed by atoms with E-state index in [9.17, 15) is 0 Å². The van der Waals surface area contributed by atoms with E-state index in [2.05, 4.69) is 292 Å². The van der Waals surface area contributed by atoms with E-state index < -0.39 is 0 Å². The number of para-hydroxylation sites is 2. The lowest BCUT2D eigenvalue weighted by atomic mass is 9.33. The van der Waals surface area contributed by atoms with Crippen molar-refractivity contribution in [2.75, 3.05) is 4.90 Å². The van der Waals surface area contributed by atoms with Gasteiger partial charge >= 0.3 is 0 Å². The van der Waals surface area contributed by atoms with Gasteiger partial charge in [-0.1, -0.05) is 231 Å². The molecule has 2 aliphatic rings. The van der Waals surface area contributed by atoms with Crippen LogP contribution in [-0.2, 0) is 21.7 Å². The van der Waals surface area contributed by atoms with Crippen molar-refractivity contribution in [3.8, 4) is 40.1 Å². The highest BCUT2D eigenvalue weighted by Crippen LogP contribution is 2.47. The van der Waals surface area contributed by atoms with E-state index in [1.54, 1.807) is 0 Å². The van der Waals surface area contributed by atoms with Crippen molar-refractivity contribution < 1.29 is 0 Å². The summed E-state index contributed by atoms with van der Waals surface area (Å²) < 4.78 is 7.46. The summed E-state index contributed by atoms with van der Waals surface area (Å²) >= 11 is 0. The minimum absolute atomic E-state index is 0.0202. The van der Waals surface area contributed by atoms with E-state index in [0.29, 0.717) is 17.6 Å². The fourth-order valence-electron chi connectivity index (χ4n) is 14.1. The lowest BCUT2D eigenvalue weighted by Crippen LogP contribution is -2.55. The Bertz CT molecular complexity index is 4870. The van der Waals surface area contributed by atoms with Crippen molar-refractivity contribution in [2.45, 2.75) is 131 Å². The zero-order chi connectivity index (χ0) is 61.0. The molecule has 14 rings (SSSR count). The predicted octanol–water partition coefficient (Wildman–Crippen LogP) is 19.3. The highest BCUT2D eigenvalue weighted by atomic mass is 15.2. The number of benzene rings is 8. The maximum absolute atomic E-state index is 5.57. The number of allylic oxidation sites excluding steroid dienone is 5. The number of aromatic nitrogens is 6. The lowest BCUT2D eigenvalue weighted by molar-refractivity contribution is 0.590. The highest BCUT2D eigenvalue weighted by molar-refractivity contribution is 6.95. The molecule has 0 aliphatic carbocycles. The molecule has 0 amide bonds. The molecule has 8 heteroatoms. The Labute approximate surface area is 513 Å². The number of fused-ring (bicyclic) bond motifs is 12. The van der Waals surface area contributed by atoms with Gasteiger partial charge in [-0.15, -0.1) is 0 Å². The Morgan fingerprint density at radius 1 is 0.483 bits per heavy atom. The molecule has 0 fully saturated rings. The molecule has 0 atom stereocenters. The first-order valence-electron chi connectivity index (χ1n) is 31.2. The summed E-state index contributed by atoms with van der Waals surface area (Å²) in [4.78, 5) is 18.9. The molecule has 12 aromatic rings. The summed E-state index contributed by atoms with van der Waals surface area (Å²) in [6.07, 6.45) is 8.25. The molecule has 7 nitrogen and oxygen atoms in total. The highest BCUT2D eigenvalue weighted by Gasteiger charge is 2.44. The molecular weight excluding hydrogens is 1060 g/mol. The fraction of sp³-hybridized carbons (Fsp3) is 0.253. The number of hydrogen-bond acceptors (Lipinski definition) is 4. The Morgan fingerprint density at radius 3 is 1.53 bits per heavy atom. The second-order valence-electron chi connectivity index (χ2n) is 28.5. The van der Waals surface area contributed by atoms with E-state index in [0.717, 1.165) is 90.3 Å². The van der Waals surface area contributed by atoms with Crippen molar-refractivity contribution in [2.24, 2.45) is 0 Å². The van der Waals surface area contributed by atoms with Gasteiger partial charge in [-0.2, -0.15) is 9.97 Å². The average Bonchev–Trinajstić information content (AvgIpc) is 1.63. The van der Waals surface area contributed by atoms with Gasteiger partial charge in [0.15, 0.2) is 11.6 Å². The Hall–Kier alpha value is -9.01. The van der Waals surface area contributed by atoms with Gasteiger partial charge in [-0.25, -0.2) is 4.98 Å². The van der Waals surface area contributed by atoms with Gasteiger partial charge in [0.2, 0.25) is 5.95 Å². The normalized spacial score (nSPS) is 13.9. The molecular formula is C79H78BN7. The standard InChI is InChI=1S/C79H78BN7/c1-17-20-25-47(4)84-63(19-3)61(18-2)80-62-44-53(79(14,15)16)43-60-59-42-52(78(11,12)13)38-41-66(59)86(70(60)62)68-46-54(45-67(84)69(68)80)85-64-28-23-21-26-55(64)57-39-40-58-56-27-22-24-29-65(56)87(72(58)71(57)85)75-82-73(48-30-34-50(35-31-48)76(5,6)7)81-74(83-75)49-32-36-51(37-33-49)77(8,9)10/h18,20-46H,2,4,17,19H2,1,3,5-16H3/b25-20-. The summed E-state index contributed by atoms with van der Waals surface area (Å²) in [5.74, 6) is 1.78. The SMILES string of the molecule is C=CC1=C(CC)N(C(=C)/C=C\CC)c2cc(-n3c4ccccc4c4ccc5c6ccccc6n(-c6nc(-c7ccc(C(C)(C)C)cc7)nc(-c7ccc(C(C)(C)C)cc7)n6)c5c43)cc3c2B1c1cc(C(C)(C)C)cc2c4cc(C(C)(C)C)ccc4n-3c12. The predicted molar refractivity (Wildman–Crippen MR) is 372 cm³/mol. The lowest BCUT2D eigenvalue weighted by Gasteiger charge is -2.42. The third-order valence-corrected chi connectivity index (χ3v) is 18.7. The topological polar surface area (TPSA) is 56.7 Å². The zero-order valence-electron chi connectivity index (χ0n) is 53.2. The summed E-state index contributed by atoms with van der Waals surface area (Å²) in [6, 6.07) is 57.0. The summed E-state index contributed by atoms with van der Waals surface area (Å²) in [7, 11) is 0. The molecule has 0 spiro atoms. The van der Waals surface area contributed by atoms with Gasteiger partial charge in [-0.3, -0.25) is 4.57 Å². The number of rotatable bonds is 9. The molecule has 6 heterocycles. The van der Waals surface area contributed by atoms with Crippen LogP contribution in [0, 0.1) is 0 Å². The molecule has 0 saturated carbocycles. The monoisotopic (exact) mass is 1140 g/mol. The molecule has 0 radical (unpaired) electrons. The van der Waals surface area contributed by atoms with Crippen LogP contribution in [0.5, 0.6) is 0 Å². The van der Waals surface area contributed by atoms with Crippen LogP contribution in [-0.4, -0.2) is 35.4 Å². The van der Waals surface area contributed by atoms with Gasteiger partial charge in [0.25, 0.3) is 6.71 Å². The molecule has 0 N–H and O–H groups in total. The van der Waals surface area contributed by atoms with Crippen LogP contribution < -0.4 is 15.8 Å². The van der Waals surface area contributed by atoms with Gasteiger partial charge in [0, 0.05) is 71.7 Å². The second-order valence-corrected chi connectivity index (χ2v) is 28.5. The van der Waals surface area contributed by atoms with E-state index in [1.807, 2.05) is 0 Å². The Balaban J connectivity index is 1.13. The Kier molecular flexibility index (Phi) is 12.7. The third kappa shape index (κ3) is 8.71. The summed E-state index contributed by atoms with van der Waals surface area (Å²) in [5.41, 5.74) is 22.7. The van der Waals surface area contributed by atoms with Crippen LogP contribution in [0.15, 0.2) is 200 Å². The number of anilines is 1. The molecule has 8 aromatic carbocycles. The van der Waals surface area contributed by atoms with E-state index >= 15 is 0 Å². The summed E-state index contributed by atoms with van der Waals surface area (Å²) in [5, 5.41) is 7.06. The van der Waals surface area contributed by atoms with Crippen LogP contribution in [0.1, 0.15) is 132 Å². The maximum Gasteiger partial charge on any atom is 0.251 e. The van der Waals surface area contributed by atoms with E-state index in [4.69, 9.17) is 21.5 Å². The third-order valence-electron chi connectivity index (χ3n) is 18.7. The van der Waals surface area contributed by atoms with Crippen LogP contribution in [0.3, 0.4) is 0 Å². The second kappa shape index (κ2) is 19.8. The zero-order valence-corrected chi connectivity index (χ0v) is 53.2. The van der Waals surface area contributed by atoms with Crippen molar-refractivity contribution in [1.82, 2.24) is 28.7 Å². The molecule has 0 saturated heterocycles. The number of hydrogen-bond donors (Lipinski definition) is 0. The van der Waals surface area contributed by atoms with E-state index in [-0.39, 0.29) is 28.4 Å². The molecule has 0 bridgehead atoms. The van der Waals surface area contributed by atoms with Gasteiger partial charge < -0.3 is 14.0 Å². The van der Waals surface area contributed by atoms with Crippen molar-refractivity contribution in [3.05, 3.63) is 222 Å². The minimum atomic E-state index is -0.108. The first kappa shape index (κ1) is 55.8. The molecule has 0 unspecified atom stereocenters. The van der Waals surface area contributed by atoms with Crippen LogP contribution >= 0.6 is 0 Å². The molecule has 87 heavy (non-hydrogen) atoms. The first-order valence-corrected chi connectivity index (χ1v) is 31.2. The van der Waals surface area contributed by atoms with Crippen molar-refractivity contribution in [3.63, 3.8) is 0 Å². The average molecular weight is 1140 g/mol. The van der Waals surface area contributed by atoms with Crippen molar-refractivity contribution >= 4 is 88.7 Å². The van der Waals surface area contributed by atoms with E-state index in [1.165, 1.54) is 66.2 Å². The molecule has 432 valence electrons. The van der Waals surface area contributed by atoms with Crippen LogP contribution in [0.4, 0.5) is 5.69 Å². The van der Waals surface area contributed by atoms with Crippen LogP contribution in [0.2, 0.25) is 0 Å². The van der Waals surface area contributed by atoms with Crippen LogP contribution in [0.25, 0.3) is 106 Å². The first-order chi connectivity index (χ1) is 41.5. The smallest absolute Gasteiger partial charge is 0.251 e. The largest absolute Gasteiger partial charge is 0.316 e. The fourth-order valence-corrected chi connectivity index (χ4v) is 14.1.